The topological polar surface area (TPSA) is 0 Å². The van der Waals surface area contributed by atoms with Gasteiger partial charge in [0, 0.05) is 16.8 Å². The summed E-state index contributed by atoms with van der Waals surface area (Å²) in [5.41, 5.74) is 0. The Balaban J connectivity index is 2.65. The number of halogens is 5. The van der Waals surface area contributed by atoms with Crippen molar-refractivity contribution in [3.63, 3.8) is 0 Å². The molecule has 5 heteroatoms. The van der Waals surface area contributed by atoms with E-state index in [9.17, 15) is 17.6 Å². The van der Waals surface area contributed by atoms with Gasteiger partial charge in [-0.15, -0.1) is 0 Å². The summed E-state index contributed by atoms with van der Waals surface area (Å²) in [6, 6.07) is 0. The zero-order valence-electron chi connectivity index (χ0n) is 4.88. The minimum absolute atomic E-state index is 0.0976. The van der Waals surface area contributed by atoms with Gasteiger partial charge < -0.3 is 0 Å². The molecule has 0 N–H and O–H groups in total. The normalized spacial score (nSPS) is 35.1. The molecule has 10 heavy (non-hydrogen) atoms. The van der Waals surface area contributed by atoms with Gasteiger partial charge >= 0.3 is 11.8 Å². The lowest BCUT2D eigenvalue weighted by atomic mass is 9.78. The van der Waals surface area contributed by atoms with E-state index in [0.717, 1.165) is 0 Å². The van der Waals surface area contributed by atoms with E-state index in [-0.39, 0.29) is 4.43 Å². The molecule has 1 fully saturated rings. The zero-order valence-corrected chi connectivity index (χ0v) is 7.04. The van der Waals surface area contributed by atoms with E-state index >= 15 is 0 Å². The lowest BCUT2D eigenvalue weighted by Gasteiger charge is -2.42. The maximum atomic E-state index is 12.2. The van der Waals surface area contributed by atoms with Gasteiger partial charge in [-0.1, -0.05) is 22.6 Å². The average molecular weight is 268 g/mol. The van der Waals surface area contributed by atoms with Gasteiger partial charge in [-0.2, -0.15) is 17.6 Å². The van der Waals surface area contributed by atoms with Crippen LogP contribution in [0.2, 0.25) is 0 Å². The molecule has 0 radical (unpaired) electrons. The minimum Gasteiger partial charge on any atom is -0.200 e. The van der Waals surface area contributed by atoms with Crippen LogP contribution in [-0.4, -0.2) is 16.3 Å². The molecule has 1 unspecified atom stereocenters. The first kappa shape index (κ1) is 8.55. The number of hydrogen-bond donors (Lipinski definition) is 0. The summed E-state index contributed by atoms with van der Waals surface area (Å²) in [6.45, 7) is 0. The number of hydrogen-bond acceptors (Lipinski definition) is 0. The van der Waals surface area contributed by atoms with E-state index in [2.05, 4.69) is 0 Å². The lowest BCUT2D eigenvalue weighted by Crippen LogP contribution is -2.59. The predicted molar refractivity (Wildman–Crippen MR) is 36.9 cm³/mol. The fourth-order valence-corrected chi connectivity index (χ4v) is 1.76. The van der Waals surface area contributed by atoms with E-state index in [1.165, 1.54) is 0 Å². The highest BCUT2D eigenvalue weighted by Gasteiger charge is 2.70. The molecule has 1 aliphatic carbocycles. The molecule has 1 atom stereocenters. The molecule has 60 valence electrons. The Bertz CT molecular complexity index is 145. The van der Waals surface area contributed by atoms with Gasteiger partial charge in [0.05, 0.1) is 0 Å². The van der Waals surface area contributed by atoms with Crippen LogP contribution in [0.4, 0.5) is 17.6 Å². The van der Waals surface area contributed by atoms with E-state index in [0.29, 0.717) is 0 Å². The summed E-state index contributed by atoms with van der Waals surface area (Å²) in [5, 5.41) is 0. The fraction of sp³-hybridized carbons (Fsp3) is 1.00. The lowest BCUT2D eigenvalue weighted by molar-refractivity contribution is -0.307. The standard InChI is InChI=1S/C5H5F4I/c6-4(7)1-3(2-10)5(4,8)9/h3H,1-2H2. The van der Waals surface area contributed by atoms with Gasteiger partial charge in [-0.25, -0.2) is 0 Å². The van der Waals surface area contributed by atoms with Crippen LogP contribution in [-0.2, 0) is 0 Å². The quantitative estimate of drug-likeness (QED) is 0.389. The van der Waals surface area contributed by atoms with E-state index in [1.54, 1.807) is 22.6 Å². The van der Waals surface area contributed by atoms with Crippen LogP contribution in [0.25, 0.3) is 0 Å². The highest BCUT2D eigenvalue weighted by molar-refractivity contribution is 14.1. The Morgan fingerprint density at radius 2 is 1.80 bits per heavy atom. The average Bonchev–Trinajstić information content (AvgIpc) is 1.83. The van der Waals surface area contributed by atoms with Crippen molar-refractivity contribution >= 4 is 22.6 Å². The smallest absolute Gasteiger partial charge is 0.200 e. The molecule has 0 saturated heterocycles. The van der Waals surface area contributed by atoms with Gasteiger partial charge in [0.2, 0.25) is 0 Å². The second-order valence-electron chi connectivity index (χ2n) is 2.38. The molecule has 0 heterocycles. The second kappa shape index (κ2) is 2.22. The molecule has 0 bridgehead atoms. The van der Waals surface area contributed by atoms with Gasteiger partial charge in [-0.3, -0.25) is 0 Å². The van der Waals surface area contributed by atoms with Gasteiger partial charge in [-0.05, 0) is 0 Å². The fourth-order valence-electron chi connectivity index (χ4n) is 0.893. The molecular formula is C5H5F4I. The predicted octanol–water partition coefficient (Wildman–Crippen LogP) is 2.71. The summed E-state index contributed by atoms with van der Waals surface area (Å²) in [6.07, 6.45) is -0.664. The molecule has 0 spiro atoms. The molecule has 0 nitrogen and oxygen atoms in total. The van der Waals surface area contributed by atoms with Crippen molar-refractivity contribution in [1.82, 2.24) is 0 Å². The third-order valence-electron chi connectivity index (χ3n) is 1.69. The SMILES string of the molecule is FC1(F)CC(CI)C1(F)F. The summed E-state index contributed by atoms with van der Waals surface area (Å²) in [5.74, 6) is -8.63. The van der Waals surface area contributed by atoms with Crippen LogP contribution in [0, 0.1) is 5.92 Å². The third kappa shape index (κ3) is 0.931. The maximum absolute atomic E-state index is 12.2. The van der Waals surface area contributed by atoms with Crippen LogP contribution in [0.5, 0.6) is 0 Å². The Labute approximate surface area is 69.1 Å². The summed E-state index contributed by atoms with van der Waals surface area (Å²) < 4.78 is 48.5. The number of alkyl halides is 5. The Kier molecular flexibility index (Phi) is 1.89. The van der Waals surface area contributed by atoms with Crippen LogP contribution in [0.15, 0.2) is 0 Å². The molecule has 1 rings (SSSR count). The van der Waals surface area contributed by atoms with Crippen LogP contribution in [0.1, 0.15) is 6.42 Å². The zero-order chi connectivity index (χ0) is 7.99. The Morgan fingerprint density at radius 3 is 1.90 bits per heavy atom. The van der Waals surface area contributed by atoms with Crippen molar-refractivity contribution in [2.75, 3.05) is 4.43 Å². The monoisotopic (exact) mass is 268 g/mol. The summed E-state index contributed by atoms with van der Waals surface area (Å²) in [4.78, 5) is 0. The van der Waals surface area contributed by atoms with Gasteiger partial charge in [0.1, 0.15) is 0 Å². The first-order valence-corrected chi connectivity index (χ1v) is 4.26. The molecule has 1 saturated carbocycles. The highest BCUT2D eigenvalue weighted by atomic mass is 127. The van der Waals surface area contributed by atoms with E-state index in [1.807, 2.05) is 0 Å². The molecule has 0 aromatic rings. The van der Waals surface area contributed by atoms with Crippen molar-refractivity contribution in [3.8, 4) is 0 Å². The second-order valence-corrected chi connectivity index (χ2v) is 3.26. The van der Waals surface area contributed by atoms with Gasteiger partial charge in [0.15, 0.2) is 0 Å². The molecule has 1 aliphatic rings. The Morgan fingerprint density at radius 1 is 1.30 bits per heavy atom. The van der Waals surface area contributed by atoms with Crippen molar-refractivity contribution in [2.45, 2.75) is 18.3 Å². The molecule has 0 amide bonds. The molecule has 0 aromatic carbocycles. The number of rotatable bonds is 1. The van der Waals surface area contributed by atoms with Crippen LogP contribution >= 0.6 is 22.6 Å². The van der Waals surface area contributed by atoms with Gasteiger partial charge in [0.25, 0.3) is 0 Å². The van der Waals surface area contributed by atoms with Crippen LogP contribution in [0.3, 0.4) is 0 Å². The molecular weight excluding hydrogens is 263 g/mol. The first-order valence-electron chi connectivity index (χ1n) is 2.73. The Hall–Kier alpha value is 0.450. The van der Waals surface area contributed by atoms with Crippen LogP contribution < -0.4 is 0 Å². The van der Waals surface area contributed by atoms with Crippen molar-refractivity contribution in [3.05, 3.63) is 0 Å². The van der Waals surface area contributed by atoms with E-state index < -0.39 is 24.2 Å². The molecule has 0 aromatic heterocycles. The summed E-state index contributed by atoms with van der Waals surface area (Å²) in [7, 11) is 0. The largest absolute Gasteiger partial charge is 0.313 e. The third-order valence-corrected chi connectivity index (χ3v) is 2.75. The maximum Gasteiger partial charge on any atom is 0.313 e. The highest BCUT2D eigenvalue weighted by Crippen LogP contribution is 2.55. The first-order chi connectivity index (χ1) is 4.42. The van der Waals surface area contributed by atoms with E-state index in [4.69, 9.17) is 0 Å². The summed E-state index contributed by atoms with van der Waals surface area (Å²) >= 11 is 1.69. The van der Waals surface area contributed by atoms with Crippen molar-refractivity contribution < 1.29 is 17.6 Å². The minimum atomic E-state index is -3.76. The van der Waals surface area contributed by atoms with Crippen molar-refractivity contribution in [2.24, 2.45) is 5.92 Å². The van der Waals surface area contributed by atoms with Crippen molar-refractivity contribution in [1.29, 1.82) is 0 Å². The molecule has 0 aliphatic heterocycles.